The molecule has 0 unspecified atom stereocenters. The second kappa shape index (κ2) is 4.79. The lowest BCUT2D eigenvalue weighted by molar-refractivity contribution is -0.274. The minimum Gasteiger partial charge on any atom is -0.404 e. The first kappa shape index (κ1) is 13.2. The van der Waals surface area contributed by atoms with Gasteiger partial charge in [0, 0.05) is 13.0 Å². The number of para-hydroxylation sites is 2. The van der Waals surface area contributed by atoms with E-state index in [-0.39, 0.29) is 18.7 Å². The van der Waals surface area contributed by atoms with Gasteiger partial charge in [-0.25, -0.2) is 4.79 Å². The fraction of sp³-hybridized carbons (Fsp3) is 0.273. The lowest BCUT2D eigenvalue weighted by Gasteiger charge is -2.28. The molecule has 1 aliphatic heterocycles. The highest BCUT2D eigenvalue weighted by atomic mass is 19.4. The zero-order valence-corrected chi connectivity index (χ0v) is 9.53. The summed E-state index contributed by atoms with van der Waals surface area (Å²) in [6, 6.07) is 4.48. The maximum Gasteiger partial charge on any atom is 0.573 e. The first-order chi connectivity index (χ1) is 8.87. The van der Waals surface area contributed by atoms with Crippen molar-refractivity contribution in [2.45, 2.75) is 12.8 Å². The summed E-state index contributed by atoms with van der Waals surface area (Å²) in [4.78, 5) is 23.6. The Kier molecular flexibility index (Phi) is 3.32. The van der Waals surface area contributed by atoms with Crippen LogP contribution in [0.3, 0.4) is 0 Å². The van der Waals surface area contributed by atoms with E-state index in [2.05, 4.69) is 4.74 Å². The minimum atomic E-state index is -4.85. The number of rotatable bonds is 2. The van der Waals surface area contributed by atoms with Gasteiger partial charge in [-0.05, 0) is 12.1 Å². The van der Waals surface area contributed by atoms with Crippen molar-refractivity contribution in [3.8, 4) is 5.75 Å². The Morgan fingerprint density at radius 1 is 1.21 bits per heavy atom. The third-order valence-electron chi connectivity index (χ3n) is 2.44. The van der Waals surface area contributed by atoms with Crippen LogP contribution in [0.2, 0.25) is 0 Å². The number of benzene rings is 1. The average Bonchev–Trinajstić information content (AvgIpc) is 2.28. The molecule has 1 N–H and O–H groups in total. The number of ether oxygens (including phenoxy) is 1. The zero-order valence-electron chi connectivity index (χ0n) is 9.53. The number of imide groups is 1. The number of amides is 3. The van der Waals surface area contributed by atoms with Crippen molar-refractivity contribution < 1.29 is 27.5 Å². The van der Waals surface area contributed by atoms with E-state index in [1.54, 1.807) is 0 Å². The van der Waals surface area contributed by atoms with E-state index < -0.39 is 24.1 Å². The van der Waals surface area contributed by atoms with Crippen LogP contribution in [0.15, 0.2) is 24.3 Å². The second-order valence-corrected chi connectivity index (χ2v) is 3.77. The van der Waals surface area contributed by atoms with E-state index in [0.717, 1.165) is 11.0 Å². The molecular weight excluding hydrogens is 265 g/mol. The Labute approximate surface area is 105 Å². The van der Waals surface area contributed by atoms with Gasteiger partial charge in [0.25, 0.3) is 0 Å². The molecule has 1 heterocycles. The molecule has 1 fully saturated rings. The quantitative estimate of drug-likeness (QED) is 0.897. The van der Waals surface area contributed by atoms with Gasteiger partial charge in [-0.2, -0.15) is 0 Å². The third kappa shape index (κ3) is 3.15. The van der Waals surface area contributed by atoms with Gasteiger partial charge < -0.3 is 4.74 Å². The zero-order chi connectivity index (χ0) is 14.0. The minimum absolute atomic E-state index is 0.00287. The molecule has 0 saturated carbocycles. The molecule has 3 amide bonds. The van der Waals surface area contributed by atoms with Gasteiger partial charge in [0.1, 0.15) is 0 Å². The Balaban J connectivity index is 2.29. The SMILES string of the molecule is O=C1CCN(c2ccccc2OC(F)(F)F)C(=O)N1. The van der Waals surface area contributed by atoms with Crippen molar-refractivity contribution >= 4 is 17.6 Å². The first-order valence-electron chi connectivity index (χ1n) is 5.33. The summed E-state index contributed by atoms with van der Waals surface area (Å²) in [5.41, 5.74) is -0.0372. The number of carbonyl (C=O) groups excluding carboxylic acids is 2. The molecule has 102 valence electrons. The van der Waals surface area contributed by atoms with Crippen molar-refractivity contribution in [2.75, 3.05) is 11.4 Å². The molecule has 2 rings (SSSR count). The van der Waals surface area contributed by atoms with Crippen LogP contribution in [0.4, 0.5) is 23.7 Å². The average molecular weight is 274 g/mol. The summed E-state index contributed by atoms with van der Waals surface area (Å²) < 4.78 is 40.6. The number of carbonyl (C=O) groups is 2. The second-order valence-electron chi connectivity index (χ2n) is 3.77. The highest BCUT2D eigenvalue weighted by Gasteiger charge is 2.34. The van der Waals surface area contributed by atoms with Crippen molar-refractivity contribution in [3.05, 3.63) is 24.3 Å². The Bertz CT molecular complexity index is 516. The summed E-state index contributed by atoms with van der Waals surface area (Å²) in [5.74, 6) is -0.949. The normalized spacial score (nSPS) is 16.3. The summed E-state index contributed by atoms with van der Waals surface area (Å²) in [6.07, 6.45) is -4.83. The lowest BCUT2D eigenvalue weighted by Crippen LogP contribution is -2.49. The van der Waals surface area contributed by atoms with Crippen molar-refractivity contribution in [1.29, 1.82) is 0 Å². The smallest absolute Gasteiger partial charge is 0.404 e. The molecular formula is C11H9F3N2O3. The van der Waals surface area contributed by atoms with E-state index in [0.29, 0.717) is 0 Å². The number of urea groups is 1. The molecule has 19 heavy (non-hydrogen) atoms. The van der Waals surface area contributed by atoms with Crippen molar-refractivity contribution in [2.24, 2.45) is 0 Å². The lowest BCUT2D eigenvalue weighted by atomic mass is 10.2. The van der Waals surface area contributed by atoms with E-state index in [9.17, 15) is 22.8 Å². The van der Waals surface area contributed by atoms with E-state index >= 15 is 0 Å². The predicted octanol–water partition coefficient (Wildman–Crippen LogP) is 2.03. The molecule has 5 nitrogen and oxygen atoms in total. The van der Waals surface area contributed by atoms with Crippen molar-refractivity contribution in [3.63, 3.8) is 0 Å². The molecule has 1 aliphatic rings. The monoisotopic (exact) mass is 274 g/mol. The van der Waals surface area contributed by atoms with Crippen LogP contribution in [0.25, 0.3) is 0 Å². The molecule has 0 aliphatic carbocycles. The topological polar surface area (TPSA) is 58.6 Å². The molecule has 0 radical (unpaired) electrons. The molecule has 1 aromatic carbocycles. The number of nitrogens with one attached hydrogen (secondary N) is 1. The van der Waals surface area contributed by atoms with Crippen LogP contribution in [-0.4, -0.2) is 24.8 Å². The number of halogens is 3. The Morgan fingerprint density at radius 3 is 2.53 bits per heavy atom. The number of alkyl halides is 3. The van der Waals surface area contributed by atoms with Crippen molar-refractivity contribution in [1.82, 2.24) is 5.32 Å². The first-order valence-corrected chi connectivity index (χ1v) is 5.33. The van der Waals surface area contributed by atoms with Crippen LogP contribution < -0.4 is 15.0 Å². The number of anilines is 1. The molecule has 0 bridgehead atoms. The van der Waals surface area contributed by atoms with Gasteiger partial charge in [0.2, 0.25) is 5.91 Å². The summed E-state index contributed by atoms with van der Waals surface area (Å²) in [5, 5.41) is 2.03. The number of hydrogen-bond donors (Lipinski definition) is 1. The Morgan fingerprint density at radius 2 is 1.89 bits per heavy atom. The fourth-order valence-electron chi connectivity index (χ4n) is 1.69. The maximum absolute atomic E-state index is 12.3. The molecule has 1 aromatic rings. The standard InChI is InChI=1S/C11H9F3N2O3/c12-11(13,14)19-8-4-2-1-3-7(8)16-6-5-9(17)15-10(16)18/h1-4H,5-6H2,(H,15,17,18). The molecule has 1 saturated heterocycles. The van der Waals surface area contributed by atoms with Crippen LogP contribution in [0.5, 0.6) is 5.75 Å². The summed E-state index contributed by atoms with van der Waals surface area (Å²) >= 11 is 0. The van der Waals surface area contributed by atoms with Gasteiger partial charge in [0.05, 0.1) is 5.69 Å². The molecule has 0 atom stereocenters. The van der Waals surface area contributed by atoms with E-state index in [1.165, 1.54) is 18.2 Å². The van der Waals surface area contributed by atoms with Crippen LogP contribution in [0.1, 0.15) is 6.42 Å². The van der Waals surface area contributed by atoms with Gasteiger partial charge in [-0.15, -0.1) is 13.2 Å². The Hall–Kier alpha value is -2.25. The number of hydrogen-bond acceptors (Lipinski definition) is 3. The molecule has 8 heteroatoms. The van der Waals surface area contributed by atoms with Gasteiger partial charge in [-0.3, -0.25) is 15.0 Å². The van der Waals surface area contributed by atoms with Crippen LogP contribution in [0, 0.1) is 0 Å². The molecule has 0 spiro atoms. The van der Waals surface area contributed by atoms with Gasteiger partial charge >= 0.3 is 12.4 Å². The fourth-order valence-corrected chi connectivity index (χ4v) is 1.69. The van der Waals surface area contributed by atoms with Crippen LogP contribution >= 0.6 is 0 Å². The maximum atomic E-state index is 12.3. The van der Waals surface area contributed by atoms with E-state index in [1.807, 2.05) is 5.32 Å². The van der Waals surface area contributed by atoms with Gasteiger partial charge in [0.15, 0.2) is 5.75 Å². The summed E-state index contributed by atoms with van der Waals surface area (Å²) in [6.45, 7) is 0.00287. The van der Waals surface area contributed by atoms with Gasteiger partial charge in [-0.1, -0.05) is 12.1 Å². The van der Waals surface area contributed by atoms with Crippen LogP contribution in [-0.2, 0) is 4.79 Å². The summed E-state index contributed by atoms with van der Waals surface area (Å²) in [7, 11) is 0. The number of nitrogens with zero attached hydrogens (tertiary/aromatic N) is 1. The predicted molar refractivity (Wildman–Crippen MR) is 58.6 cm³/mol. The third-order valence-corrected chi connectivity index (χ3v) is 2.44. The highest BCUT2D eigenvalue weighted by molar-refractivity contribution is 6.06. The highest BCUT2D eigenvalue weighted by Crippen LogP contribution is 2.33. The van der Waals surface area contributed by atoms with E-state index in [4.69, 9.17) is 0 Å². The molecule has 0 aromatic heterocycles. The largest absolute Gasteiger partial charge is 0.573 e.